The molecule has 2 aliphatic carbocycles. The number of unbranched alkanes of at least 4 members (excludes halogenated alkanes) is 2. The largest absolute Gasteiger partial charge is 0.459 e. The maximum atomic E-state index is 15.4. The van der Waals surface area contributed by atoms with Gasteiger partial charge in [-0.15, -0.1) is 6.58 Å². The average Bonchev–Trinajstić information content (AvgIpc) is 3.40. The maximum Gasteiger partial charge on any atom is 0.416 e. The van der Waals surface area contributed by atoms with Crippen molar-refractivity contribution in [3.05, 3.63) is 160 Å². The Morgan fingerprint density at radius 1 is 0.903 bits per heavy atom. The summed E-state index contributed by atoms with van der Waals surface area (Å²) in [4.78, 5) is 46.3. The molecule has 0 bridgehead atoms. The van der Waals surface area contributed by atoms with Crippen molar-refractivity contribution in [2.45, 2.75) is 94.8 Å². The summed E-state index contributed by atoms with van der Waals surface area (Å²) in [5.74, 6) is -1.15. The highest BCUT2D eigenvalue weighted by Crippen LogP contribution is 2.62. The summed E-state index contributed by atoms with van der Waals surface area (Å²) in [6.45, 7) is 4.75. The van der Waals surface area contributed by atoms with Crippen LogP contribution in [0.25, 0.3) is 10.8 Å². The molecule has 0 spiro atoms. The number of nitro groups is 1. The highest BCUT2D eigenvalue weighted by molar-refractivity contribution is 6.03. The van der Waals surface area contributed by atoms with Crippen molar-refractivity contribution >= 4 is 34.6 Å². The molecule has 2 heterocycles. The fourth-order valence-electron chi connectivity index (χ4n) is 11.1. The molecule has 376 valence electrons. The third-order valence-corrected chi connectivity index (χ3v) is 14.4. The zero-order valence-electron chi connectivity index (χ0n) is 40.2. The molecular weight excluding hydrogens is 919 g/mol. The Balaban J connectivity index is 1.26. The van der Waals surface area contributed by atoms with Crippen LogP contribution >= 0.6 is 0 Å². The Bertz CT molecular complexity index is 2780. The molecule has 15 heteroatoms. The quantitative estimate of drug-likeness (QED) is 0.0233. The van der Waals surface area contributed by atoms with Gasteiger partial charge in [-0.2, -0.15) is 0 Å². The van der Waals surface area contributed by atoms with Gasteiger partial charge in [-0.3, -0.25) is 19.8 Å². The number of aliphatic hydroxyl groups is 2. The summed E-state index contributed by atoms with van der Waals surface area (Å²) in [7, 11) is 0. The van der Waals surface area contributed by atoms with Gasteiger partial charge in [0.15, 0.2) is 0 Å². The molecule has 0 aromatic heterocycles. The molecule has 5 aromatic carbocycles. The Morgan fingerprint density at radius 2 is 1.67 bits per heavy atom. The van der Waals surface area contributed by atoms with Gasteiger partial charge in [0.1, 0.15) is 35.3 Å². The Morgan fingerprint density at radius 3 is 2.43 bits per heavy atom. The normalized spacial score (nSPS) is 23.7. The van der Waals surface area contributed by atoms with Gasteiger partial charge in [-0.1, -0.05) is 84.7 Å². The Hall–Kier alpha value is -6.91. The number of oxime groups is 1. The lowest BCUT2D eigenvalue weighted by Gasteiger charge is -2.59. The Kier molecular flexibility index (Phi) is 16.1. The highest BCUT2D eigenvalue weighted by Gasteiger charge is 2.66. The SMILES string of the molecule is C=CCO[C@@]12Oc3ccc(Oc4cccc(C=O)c4)cc3[C@H]3[C@H](CCCCO)[C@@H](CCCCO)C=C(C(=NOC4CCCCO4)C[C@@H]1N(Cc1cccc4ccccc14)C(=O)Oc1ccc([N+](=O)[O-])cc1)[C@H]32. The van der Waals surface area contributed by atoms with Crippen LogP contribution in [0, 0.1) is 27.9 Å². The molecule has 2 aliphatic heterocycles. The standard InChI is InChI=1S/C57H61N3O12/c1-2-30-68-57-52(59(36-41-17-12-16-39-14-3-4-19-46(39)41)56(64)70-43-24-22-42(23-25-43)60(65)66)35-50(58-72-53-21-7-10-31-67-53)48-33-40(15-5-8-28-61)47(20-6-9-29-62)54(55(48)57)49-34-45(26-27-51(49)71-57)69-44-18-11-13-38(32-44)37-63/h2-4,11-14,16-19,22-27,32-34,37,40,47,52-55,61-62H,1,5-10,15,20-21,28-31,35-36H2/t40-,47+,52-,53?,54+,55+,57+/m0/s1. The second-order valence-corrected chi connectivity index (χ2v) is 18.9. The number of aliphatic hydroxyl groups excluding tert-OH is 2. The summed E-state index contributed by atoms with van der Waals surface area (Å²) in [5, 5.41) is 38.7. The first kappa shape index (κ1) is 50.0. The van der Waals surface area contributed by atoms with Crippen molar-refractivity contribution in [2.75, 3.05) is 26.4 Å². The van der Waals surface area contributed by atoms with Gasteiger partial charge < -0.3 is 38.7 Å². The fourth-order valence-corrected chi connectivity index (χ4v) is 11.1. The van der Waals surface area contributed by atoms with E-state index >= 15 is 4.79 Å². The van der Waals surface area contributed by atoms with Crippen molar-refractivity contribution in [3.63, 3.8) is 0 Å². The van der Waals surface area contributed by atoms with Crippen LogP contribution in [0.4, 0.5) is 10.5 Å². The molecular formula is C57H61N3O12. The topological polar surface area (TPSA) is 189 Å². The summed E-state index contributed by atoms with van der Waals surface area (Å²) in [6, 6.07) is 30.9. The number of hydrogen-bond donors (Lipinski definition) is 2. The summed E-state index contributed by atoms with van der Waals surface area (Å²) in [6.07, 6.45) is 10.1. The minimum absolute atomic E-state index is 0.0277. The first-order chi connectivity index (χ1) is 35.2. The third-order valence-electron chi connectivity index (χ3n) is 14.4. The van der Waals surface area contributed by atoms with Gasteiger partial charge in [-0.05, 0) is 115 Å². The minimum Gasteiger partial charge on any atom is -0.459 e. The first-order valence-electron chi connectivity index (χ1n) is 25.0. The molecule has 2 N–H and O–H groups in total. The van der Waals surface area contributed by atoms with E-state index in [0.717, 1.165) is 65.9 Å². The molecule has 1 amide bonds. The van der Waals surface area contributed by atoms with E-state index in [1.165, 1.54) is 24.3 Å². The van der Waals surface area contributed by atoms with Crippen molar-refractivity contribution < 1.29 is 53.2 Å². The number of hydrogen-bond acceptors (Lipinski definition) is 13. The minimum atomic E-state index is -1.64. The third kappa shape index (κ3) is 10.8. The number of non-ortho nitro benzene ring substituents is 1. The molecule has 7 atom stereocenters. The zero-order valence-corrected chi connectivity index (χ0v) is 40.2. The molecule has 2 fully saturated rings. The predicted octanol–water partition coefficient (Wildman–Crippen LogP) is 11.2. The average molecular weight is 980 g/mol. The summed E-state index contributed by atoms with van der Waals surface area (Å²) >= 11 is 0. The molecule has 9 rings (SSSR count). The van der Waals surface area contributed by atoms with Crippen LogP contribution in [0.2, 0.25) is 0 Å². The smallest absolute Gasteiger partial charge is 0.416 e. The summed E-state index contributed by atoms with van der Waals surface area (Å²) in [5.41, 5.74) is 3.40. The van der Waals surface area contributed by atoms with Crippen molar-refractivity contribution in [1.29, 1.82) is 0 Å². The molecule has 5 aromatic rings. The maximum absolute atomic E-state index is 15.4. The second-order valence-electron chi connectivity index (χ2n) is 18.9. The lowest BCUT2D eigenvalue weighted by Crippen LogP contribution is -2.70. The number of carbonyl (C=O) groups is 2. The molecule has 1 saturated heterocycles. The molecule has 0 radical (unpaired) electrons. The number of rotatable bonds is 21. The predicted molar refractivity (Wildman–Crippen MR) is 270 cm³/mol. The second kappa shape index (κ2) is 23.1. The van der Waals surface area contributed by atoms with E-state index in [4.69, 9.17) is 33.7 Å². The lowest BCUT2D eigenvalue weighted by atomic mass is 9.55. The van der Waals surface area contributed by atoms with Crippen LogP contribution in [0.15, 0.2) is 139 Å². The zero-order chi connectivity index (χ0) is 50.0. The molecule has 1 saturated carbocycles. The van der Waals surface area contributed by atoms with Crippen molar-refractivity contribution in [3.8, 4) is 23.0 Å². The number of aldehydes is 1. The summed E-state index contributed by atoms with van der Waals surface area (Å²) < 4.78 is 33.5. The first-order valence-corrected chi connectivity index (χ1v) is 25.0. The number of nitro benzene ring substituents is 1. The molecule has 72 heavy (non-hydrogen) atoms. The fraction of sp³-hybridized carbons (Fsp3) is 0.386. The van der Waals surface area contributed by atoms with Gasteiger partial charge in [-0.25, -0.2) is 4.79 Å². The van der Waals surface area contributed by atoms with E-state index in [1.807, 2.05) is 60.7 Å². The van der Waals surface area contributed by atoms with Crippen LogP contribution in [0.1, 0.15) is 91.6 Å². The number of allylic oxidation sites excluding steroid dienone is 1. The van der Waals surface area contributed by atoms with Crippen LogP contribution < -0.4 is 14.2 Å². The highest BCUT2D eigenvalue weighted by atomic mass is 16.8. The van der Waals surface area contributed by atoms with Crippen molar-refractivity contribution in [2.24, 2.45) is 22.9 Å². The molecule has 4 aliphatic rings. The van der Waals surface area contributed by atoms with Gasteiger partial charge in [0, 0.05) is 55.2 Å². The monoisotopic (exact) mass is 979 g/mol. The number of benzene rings is 5. The van der Waals surface area contributed by atoms with E-state index in [0.29, 0.717) is 60.8 Å². The number of ether oxygens (including phenoxy) is 5. The van der Waals surface area contributed by atoms with Crippen LogP contribution in [-0.4, -0.2) is 82.7 Å². The van der Waals surface area contributed by atoms with Crippen LogP contribution in [0.5, 0.6) is 23.0 Å². The van der Waals surface area contributed by atoms with E-state index in [1.54, 1.807) is 35.2 Å². The molecule has 15 nitrogen and oxygen atoms in total. The lowest BCUT2D eigenvalue weighted by molar-refractivity contribution is -0.384. The van der Waals surface area contributed by atoms with Crippen LogP contribution in [0.3, 0.4) is 0 Å². The van der Waals surface area contributed by atoms with Gasteiger partial charge in [0.2, 0.25) is 12.1 Å². The molecule has 1 unspecified atom stereocenters. The van der Waals surface area contributed by atoms with Crippen LogP contribution in [-0.2, 0) is 20.9 Å². The number of nitrogens with zero attached hydrogens (tertiary/aromatic N) is 3. The Labute approximate surface area is 418 Å². The van der Waals surface area contributed by atoms with Gasteiger partial charge in [0.05, 0.1) is 36.3 Å². The number of fused-ring (bicyclic) bond motifs is 3. The number of carbonyl (C=O) groups excluding carboxylic acids is 2. The van der Waals surface area contributed by atoms with E-state index in [9.17, 15) is 25.1 Å². The van der Waals surface area contributed by atoms with Gasteiger partial charge in [0.25, 0.3) is 5.69 Å². The van der Waals surface area contributed by atoms with E-state index in [-0.39, 0.29) is 62.0 Å². The van der Waals surface area contributed by atoms with E-state index in [2.05, 4.69) is 12.7 Å². The van der Waals surface area contributed by atoms with E-state index < -0.39 is 35.1 Å². The van der Waals surface area contributed by atoms with Crippen molar-refractivity contribution in [1.82, 2.24) is 4.90 Å². The number of amides is 1. The van der Waals surface area contributed by atoms with Gasteiger partial charge >= 0.3 is 6.09 Å².